The summed E-state index contributed by atoms with van der Waals surface area (Å²) in [6.07, 6.45) is 0. The topological polar surface area (TPSA) is 157 Å². The lowest BCUT2D eigenvalue weighted by Crippen LogP contribution is -2.35. The van der Waals surface area contributed by atoms with Crippen LogP contribution in [0.25, 0.3) is 11.1 Å². The Morgan fingerprint density at radius 2 is 1.53 bits per heavy atom. The second-order valence-corrected chi connectivity index (χ2v) is 7.87. The molecule has 11 nitrogen and oxygen atoms in total. The number of hydrogen-bond acceptors (Lipinski definition) is 8. The first-order chi connectivity index (χ1) is 15.2. The first-order valence-electron chi connectivity index (χ1n) is 8.97. The van der Waals surface area contributed by atoms with Crippen molar-refractivity contribution in [1.29, 1.82) is 0 Å². The molecule has 0 saturated carbocycles. The number of amides is 2. The lowest BCUT2D eigenvalue weighted by atomic mass is 10.0. The van der Waals surface area contributed by atoms with Crippen molar-refractivity contribution in [3.05, 3.63) is 60.2 Å². The van der Waals surface area contributed by atoms with Gasteiger partial charge in [0, 0.05) is 0 Å². The molecule has 32 heavy (non-hydrogen) atoms. The Morgan fingerprint density at radius 3 is 2.09 bits per heavy atom. The number of methoxy groups -OCH3 is 2. The van der Waals surface area contributed by atoms with Gasteiger partial charge in [0.15, 0.2) is 0 Å². The van der Waals surface area contributed by atoms with Crippen LogP contribution in [0.15, 0.2) is 59.5 Å². The fourth-order valence-electron chi connectivity index (χ4n) is 2.70. The Bertz CT molecular complexity index is 1240. The number of aromatic carboxylic acids is 1. The Hall–Kier alpha value is -4.19. The number of sulfonamides is 1. The van der Waals surface area contributed by atoms with Crippen molar-refractivity contribution in [3.8, 4) is 22.9 Å². The molecule has 3 rings (SSSR count). The van der Waals surface area contributed by atoms with Crippen molar-refractivity contribution in [2.75, 3.05) is 19.5 Å². The maximum absolute atomic E-state index is 12.9. The zero-order valence-corrected chi connectivity index (χ0v) is 17.7. The van der Waals surface area contributed by atoms with Crippen LogP contribution in [0.5, 0.6) is 11.8 Å². The fourth-order valence-corrected chi connectivity index (χ4v) is 3.84. The van der Waals surface area contributed by atoms with Crippen LogP contribution in [0.1, 0.15) is 10.4 Å². The summed E-state index contributed by atoms with van der Waals surface area (Å²) in [7, 11) is -1.90. The second kappa shape index (κ2) is 9.31. The lowest BCUT2D eigenvalue weighted by Gasteiger charge is -2.12. The summed E-state index contributed by atoms with van der Waals surface area (Å²) in [4.78, 5) is 31.1. The molecule has 0 unspecified atom stereocenters. The number of carbonyl (C=O) groups excluding carboxylic acids is 1. The number of carboxylic acid groups (broad SMARTS) is 1. The van der Waals surface area contributed by atoms with E-state index in [-0.39, 0.29) is 17.7 Å². The molecule has 0 bridgehead atoms. The molecular weight excluding hydrogens is 440 g/mol. The van der Waals surface area contributed by atoms with Gasteiger partial charge in [-0.15, -0.1) is 0 Å². The van der Waals surface area contributed by atoms with Crippen molar-refractivity contribution in [2.45, 2.75) is 4.90 Å². The van der Waals surface area contributed by atoms with Crippen LogP contribution in [0.3, 0.4) is 0 Å². The Morgan fingerprint density at radius 1 is 0.906 bits per heavy atom. The number of ether oxygens (including phenoxy) is 2. The van der Waals surface area contributed by atoms with Gasteiger partial charge in [0.1, 0.15) is 4.90 Å². The molecule has 0 aliphatic heterocycles. The minimum atomic E-state index is -4.58. The first kappa shape index (κ1) is 22.5. The van der Waals surface area contributed by atoms with Gasteiger partial charge >= 0.3 is 12.0 Å². The Labute approximate surface area is 183 Å². The maximum atomic E-state index is 12.9. The molecule has 3 N–H and O–H groups in total. The van der Waals surface area contributed by atoms with Gasteiger partial charge in [-0.3, -0.25) is 5.32 Å². The highest BCUT2D eigenvalue weighted by Gasteiger charge is 2.25. The summed E-state index contributed by atoms with van der Waals surface area (Å²) in [5, 5.41) is 11.6. The van der Waals surface area contributed by atoms with Crippen molar-refractivity contribution in [1.82, 2.24) is 14.7 Å². The van der Waals surface area contributed by atoms with Gasteiger partial charge in [0.2, 0.25) is 17.7 Å². The van der Waals surface area contributed by atoms with E-state index in [1.54, 1.807) is 35.1 Å². The number of carbonyl (C=O) groups is 2. The molecule has 0 atom stereocenters. The number of anilines is 1. The van der Waals surface area contributed by atoms with Crippen LogP contribution >= 0.6 is 0 Å². The monoisotopic (exact) mass is 458 g/mol. The summed E-state index contributed by atoms with van der Waals surface area (Å²) >= 11 is 0. The average molecular weight is 458 g/mol. The number of nitrogens with zero attached hydrogens (tertiary/aromatic N) is 2. The normalized spacial score (nSPS) is 10.8. The van der Waals surface area contributed by atoms with E-state index in [9.17, 15) is 23.1 Å². The quantitative estimate of drug-likeness (QED) is 0.483. The third kappa shape index (κ3) is 5.10. The van der Waals surface area contributed by atoms with Crippen molar-refractivity contribution in [2.24, 2.45) is 0 Å². The fraction of sp³-hybridized carbons (Fsp3) is 0.100. The van der Waals surface area contributed by atoms with Crippen LogP contribution in [0, 0.1) is 0 Å². The smallest absolute Gasteiger partial charge is 0.337 e. The van der Waals surface area contributed by atoms with Gasteiger partial charge in [0.25, 0.3) is 10.0 Å². The largest absolute Gasteiger partial charge is 0.481 e. The number of benzene rings is 2. The molecular formula is C20H18N4O7S. The summed E-state index contributed by atoms with van der Waals surface area (Å²) in [5.41, 5.74) is 0.628. The van der Waals surface area contributed by atoms with E-state index < -0.39 is 32.5 Å². The van der Waals surface area contributed by atoms with Crippen LogP contribution in [0.4, 0.5) is 10.7 Å². The minimum absolute atomic E-state index is 0.0683. The predicted molar refractivity (Wildman–Crippen MR) is 113 cm³/mol. The molecule has 2 amide bonds. The maximum Gasteiger partial charge on any atom is 0.337 e. The van der Waals surface area contributed by atoms with Gasteiger partial charge in [-0.1, -0.05) is 36.4 Å². The number of urea groups is 1. The molecule has 3 aromatic rings. The SMILES string of the molecule is COc1cc(OC)nc(NC(=O)NS(=O)(=O)c2cc(-c3ccccc3)ccc2C(=O)O)n1. The Balaban J connectivity index is 1.92. The lowest BCUT2D eigenvalue weighted by molar-refractivity contribution is 0.0692. The van der Waals surface area contributed by atoms with Gasteiger partial charge in [0.05, 0.1) is 25.8 Å². The van der Waals surface area contributed by atoms with Gasteiger partial charge < -0.3 is 14.6 Å². The summed E-state index contributed by atoms with van der Waals surface area (Å²) in [6.45, 7) is 0. The first-order valence-corrected chi connectivity index (χ1v) is 10.5. The van der Waals surface area contributed by atoms with E-state index in [1.165, 1.54) is 32.4 Å². The highest BCUT2D eigenvalue weighted by Crippen LogP contribution is 2.25. The molecule has 0 radical (unpaired) electrons. The third-order valence-corrected chi connectivity index (χ3v) is 5.53. The minimum Gasteiger partial charge on any atom is -0.481 e. The standard InChI is InChI=1S/C20H18N4O7S/c1-30-16-11-17(31-2)22-19(21-16)23-20(27)24-32(28,29)15-10-13(8-9-14(15)18(25)26)12-6-4-3-5-7-12/h3-11H,1-2H3,(H,25,26)(H2,21,22,23,24,27). The number of hydrogen-bond donors (Lipinski definition) is 3. The summed E-state index contributed by atoms with van der Waals surface area (Å²) < 4.78 is 37.4. The van der Waals surface area contributed by atoms with E-state index in [0.29, 0.717) is 11.1 Å². The average Bonchev–Trinajstić information content (AvgIpc) is 2.78. The zero-order valence-electron chi connectivity index (χ0n) is 16.9. The summed E-state index contributed by atoms with van der Waals surface area (Å²) in [6, 6.07) is 12.7. The van der Waals surface area contributed by atoms with Crippen LogP contribution < -0.4 is 19.5 Å². The van der Waals surface area contributed by atoms with Crippen molar-refractivity contribution in [3.63, 3.8) is 0 Å². The van der Waals surface area contributed by atoms with E-state index in [1.807, 2.05) is 0 Å². The van der Waals surface area contributed by atoms with E-state index in [4.69, 9.17) is 9.47 Å². The molecule has 0 saturated heterocycles. The molecule has 1 heterocycles. The number of rotatable bonds is 7. The predicted octanol–water partition coefficient (Wildman–Crippen LogP) is 2.37. The highest BCUT2D eigenvalue weighted by atomic mass is 32.2. The van der Waals surface area contributed by atoms with Crippen molar-refractivity contribution >= 4 is 28.0 Å². The van der Waals surface area contributed by atoms with Crippen LogP contribution in [0.2, 0.25) is 0 Å². The van der Waals surface area contributed by atoms with Gasteiger partial charge in [-0.2, -0.15) is 9.97 Å². The highest BCUT2D eigenvalue weighted by molar-refractivity contribution is 7.90. The van der Waals surface area contributed by atoms with Gasteiger partial charge in [-0.25, -0.2) is 22.7 Å². The molecule has 0 aliphatic carbocycles. The molecule has 0 fully saturated rings. The summed E-state index contributed by atoms with van der Waals surface area (Å²) in [5.74, 6) is -1.62. The molecule has 2 aromatic carbocycles. The number of aromatic nitrogens is 2. The Kier molecular flexibility index (Phi) is 6.54. The van der Waals surface area contributed by atoms with Crippen LogP contribution in [-0.2, 0) is 10.0 Å². The zero-order chi connectivity index (χ0) is 23.3. The third-order valence-electron chi connectivity index (χ3n) is 4.16. The molecule has 166 valence electrons. The van der Waals surface area contributed by atoms with Gasteiger partial charge in [-0.05, 0) is 23.3 Å². The van der Waals surface area contributed by atoms with E-state index in [2.05, 4.69) is 15.3 Å². The molecule has 12 heteroatoms. The van der Waals surface area contributed by atoms with E-state index >= 15 is 0 Å². The van der Waals surface area contributed by atoms with Crippen LogP contribution in [-0.4, -0.2) is 49.7 Å². The molecule has 0 aliphatic rings. The number of nitrogens with one attached hydrogen (secondary N) is 2. The van der Waals surface area contributed by atoms with Crippen molar-refractivity contribution < 1.29 is 32.6 Å². The second-order valence-electron chi connectivity index (χ2n) is 6.22. The van der Waals surface area contributed by atoms with E-state index in [0.717, 1.165) is 6.07 Å². The molecule has 1 aromatic heterocycles. The molecule has 0 spiro atoms. The number of carboxylic acids is 1.